The van der Waals surface area contributed by atoms with Gasteiger partial charge >= 0.3 is 0 Å². The molecule has 2 N–H and O–H groups in total. The zero-order valence-corrected chi connectivity index (χ0v) is 10.5. The lowest BCUT2D eigenvalue weighted by atomic mass is 9.80. The van der Waals surface area contributed by atoms with Gasteiger partial charge in [0.25, 0.3) is 0 Å². The van der Waals surface area contributed by atoms with Crippen molar-refractivity contribution in [2.75, 3.05) is 0 Å². The fourth-order valence-electron chi connectivity index (χ4n) is 1.93. The zero-order valence-electron chi connectivity index (χ0n) is 8.48. The summed E-state index contributed by atoms with van der Waals surface area (Å²) >= 11 is 0. The van der Waals surface area contributed by atoms with E-state index in [-0.39, 0.29) is 5.54 Å². The molecule has 0 rings (SSSR count). The van der Waals surface area contributed by atoms with E-state index in [2.05, 4.69) is 20.8 Å². The minimum Gasteiger partial charge on any atom is -0.325 e. The fraction of sp³-hybridized carbons (Fsp3) is 1.00. The second-order valence-electron chi connectivity index (χ2n) is 3.45. The summed E-state index contributed by atoms with van der Waals surface area (Å²) in [5.41, 5.74) is 6.42. The molecule has 0 aliphatic rings. The maximum atomic E-state index is 6.28. The molecular weight excluding hydrogens is 150 g/mol. The number of nitrogens with two attached hydrogens (primary N) is 1. The van der Waals surface area contributed by atoms with Gasteiger partial charge in [-0.2, -0.15) is 0 Å². The van der Waals surface area contributed by atoms with Gasteiger partial charge < -0.3 is 5.73 Å². The van der Waals surface area contributed by atoms with Gasteiger partial charge in [0.05, 0.1) is 0 Å². The second kappa shape index (κ2) is 4.94. The van der Waals surface area contributed by atoms with E-state index in [1.807, 2.05) is 0 Å². The summed E-state index contributed by atoms with van der Waals surface area (Å²) < 4.78 is 0. The summed E-state index contributed by atoms with van der Waals surface area (Å²) in [4.78, 5) is 0. The van der Waals surface area contributed by atoms with E-state index in [9.17, 15) is 0 Å². The average molecular weight is 173 g/mol. The summed E-state index contributed by atoms with van der Waals surface area (Å²) in [6.45, 7) is 6.68. The first kappa shape index (κ1) is 11.2. The predicted molar refractivity (Wildman–Crippen MR) is 56.0 cm³/mol. The SMILES string of the molecule is CCC(C[SiH3])C(N)(CC)CC. The van der Waals surface area contributed by atoms with Gasteiger partial charge in [-0.15, -0.1) is 0 Å². The van der Waals surface area contributed by atoms with Crippen LogP contribution in [0.25, 0.3) is 0 Å². The molecule has 0 aromatic rings. The Morgan fingerprint density at radius 1 is 1.27 bits per heavy atom. The van der Waals surface area contributed by atoms with E-state index in [0.29, 0.717) is 0 Å². The lowest BCUT2D eigenvalue weighted by molar-refractivity contribution is 0.263. The highest BCUT2D eigenvalue weighted by molar-refractivity contribution is 6.08. The van der Waals surface area contributed by atoms with Crippen LogP contribution in [-0.2, 0) is 0 Å². The molecule has 0 amide bonds. The minimum absolute atomic E-state index is 0.135. The first-order valence-corrected chi connectivity index (χ1v) is 6.34. The summed E-state index contributed by atoms with van der Waals surface area (Å²) in [5.74, 6) is 0.768. The zero-order chi connectivity index (χ0) is 8.91. The van der Waals surface area contributed by atoms with Gasteiger partial charge in [-0.3, -0.25) is 0 Å². The molecule has 68 valence electrons. The topological polar surface area (TPSA) is 26.0 Å². The van der Waals surface area contributed by atoms with Crippen LogP contribution in [0, 0.1) is 5.92 Å². The first-order valence-electron chi connectivity index (χ1n) is 4.93. The fourth-order valence-corrected chi connectivity index (χ4v) is 3.32. The van der Waals surface area contributed by atoms with Crippen molar-refractivity contribution in [3.63, 3.8) is 0 Å². The van der Waals surface area contributed by atoms with Crippen LogP contribution in [0.4, 0.5) is 0 Å². The Kier molecular flexibility index (Phi) is 5.02. The minimum atomic E-state index is 0.135. The maximum absolute atomic E-state index is 6.28. The highest BCUT2D eigenvalue weighted by atomic mass is 28.1. The third kappa shape index (κ3) is 2.60. The monoisotopic (exact) mass is 173 g/mol. The van der Waals surface area contributed by atoms with E-state index in [0.717, 1.165) is 18.8 Å². The van der Waals surface area contributed by atoms with E-state index >= 15 is 0 Å². The van der Waals surface area contributed by atoms with Gasteiger partial charge in [0.15, 0.2) is 0 Å². The normalized spacial score (nSPS) is 15.3. The summed E-state index contributed by atoms with van der Waals surface area (Å²) in [6.07, 6.45) is 3.51. The van der Waals surface area contributed by atoms with Gasteiger partial charge in [0.2, 0.25) is 0 Å². The molecular formula is C9H23NSi. The molecule has 0 aromatic carbocycles. The standard InChI is InChI=1S/C9H23NSi/c1-4-8(7-11)9(10,5-2)6-3/h8H,4-7,10H2,1-3,11H3. The van der Waals surface area contributed by atoms with Gasteiger partial charge in [-0.1, -0.05) is 33.2 Å². The van der Waals surface area contributed by atoms with E-state index < -0.39 is 0 Å². The Morgan fingerprint density at radius 2 is 1.73 bits per heavy atom. The Balaban J connectivity index is 4.19. The largest absolute Gasteiger partial charge is 0.325 e. The summed E-state index contributed by atoms with van der Waals surface area (Å²) in [7, 11) is 1.29. The molecule has 0 aromatic heterocycles. The van der Waals surface area contributed by atoms with Crippen LogP contribution in [0.5, 0.6) is 0 Å². The van der Waals surface area contributed by atoms with Crippen molar-refractivity contribution < 1.29 is 0 Å². The van der Waals surface area contributed by atoms with Crippen LogP contribution in [0.15, 0.2) is 0 Å². The Morgan fingerprint density at radius 3 is 1.82 bits per heavy atom. The molecule has 0 bridgehead atoms. The van der Waals surface area contributed by atoms with Gasteiger partial charge in [0, 0.05) is 15.8 Å². The molecule has 0 heterocycles. The number of hydrogen-bond acceptors (Lipinski definition) is 1. The van der Waals surface area contributed by atoms with Gasteiger partial charge in [-0.25, -0.2) is 0 Å². The maximum Gasteiger partial charge on any atom is 0.0174 e. The second-order valence-corrected chi connectivity index (χ2v) is 4.27. The summed E-state index contributed by atoms with van der Waals surface area (Å²) in [5, 5.41) is 0. The van der Waals surface area contributed by atoms with Gasteiger partial charge in [0.1, 0.15) is 0 Å². The first-order chi connectivity index (χ1) is 5.14. The molecule has 1 atom stereocenters. The van der Waals surface area contributed by atoms with E-state index in [1.165, 1.54) is 22.7 Å². The highest BCUT2D eigenvalue weighted by Gasteiger charge is 2.28. The molecule has 1 nitrogen and oxygen atoms in total. The average Bonchev–Trinajstić information content (AvgIpc) is 2.06. The van der Waals surface area contributed by atoms with Crippen LogP contribution in [0.3, 0.4) is 0 Å². The molecule has 0 fully saturated rings. The lowest BCUT2D eigenvalue weighted by Crippen LogP contribution is -2.45. The molecule has 0 saturated heterocycles. The summed E-state index contributed by atoms with van der Waals surface area (Å²) in [6, 6.07) is 1.36. The molecule has 2 heteroatoms. The smallest absolute Gasteiger partial charge is 0.0174 e. The van der Waals surface area contributed by atoms with Crippen molar-refractivity contribution in [3.05, 3.63) is 0 Å². The molecule has 11 heavy (non-hydrogen) atoms. The quantitative estimate of drug-likeness (QED) is 0.623. The molecule has 0 aliphatic carbocycles. The third-order valence-electron chi connectivity index (χ3n) is 3.12. The molecule has 0 radical (unpaired) electrons. The van der Waals surface area contributed by atoms with Crippen LogP contribution in [-0.4, -0.2) is 15.8 Å². The van der Waals surface area contributed by atoms with Crippen LogP contribution >= 0.6 is 0 Å². The Bertz CT molecular complexity index is 95.7. The highest BCUT2D eigenvalue weighted by Crippen LogP contribution is 2.27. The van der Waals surface area contributed by atoms with Crippen molar-refractivity contribution in [1.29, 1.82) is 0 Å². The third-order valence-corrected chi connectivity index (χ3v) is 4.10. The van der Waals surface area contributed by atoms with E-state index in [4.69, 9.17) is 5.73 Å². The van der Waals surface area contributed by atoms with E-state index in [1.54, 1.807) is 0 Å². The van der Waals surface area contributed by atoms with Crippen molar-refractivity contribution in [3.8, 4) is 0 Å². The van der Waals surface area contributed by atoms with Crippen molar-refractivity contribution in [1.82, 2.24) is 0 Å². The Hall–Kier alpha value is 0.177. The number of rotatable bonds is 5. The van der Waals surface area contributed by atoms with Crippen molar-refractivity contribution >= 4 is 10.2 Å². The predicted octanol–water partition coefficient (Wildman–Crippen LogP) is 1.31. The molecule has 0 spiro atoms. The Labute approximate surface area is 74.2 Å². The van der Waals surface area contributed by atoms with Gasteiger partial charge in [-0.05, 0) is 18.8 Å². The van der Waals surface area contributed by atoms with Crippen molar-refractivity contribution in [2.24, 2.45) is 11.7 Å². The van der Waals surface area contributed by atoms with Crippen LogP contribution in [0.1, 0.15) is 40.0 Å². The lowest BCUT2D eigenvalue weighted by Gasteiger charge is -2.35. The molecule has 1 unspecified atom stereocenters. The molecule has 0 aliphatic heterocycles. The van der Waals surface area contributed by atoms with Crippen LogP contribution in [0.2, 0.25) is 6.04 Å². The molecule has 0 saturated carbocycles. The van der Waals surface area contributed by atoms with Crippen LogP contribution < -0.4 is 5.73 Å². The van der Waals surface area contributed by atoms with Crippen molar-refractivity contribution in [2.45, 2.75) is 51.6 Å². The number of hydrogen-bond donors (Lipinski definition) is 1.